The molecule has 1 aromatic heterocycles. The van der Waals surface area contributed by atoms with Crippen molar-refractivity contribution in [3.05, 3.63) is 35.2 Å². The number of aromatic nitrogens is 1. The average Bonchev–Trinajstić information content (AvgIpc) is 2.99. The molecule has 8 heteroatoms. The van der Waals surface area contributed by atoms with Crippen molar-refractivity contribution in [2.75, 3.05) is 17.7 Å². The van der Waals surface area contributed by atoms with Gasteiger partial charge in [0, 0.05) is 11.1 Å². The van der Waals surface area contributed by atoms with Gasteiger partial charge in [-0.05, 0) is 45.4 Å². The van der Waals surface area contributed by atoms with E-state index in [1.165, 1.54) is 18.4 Å². The molecule has 0 fully saturated rings. The first-order valence-electron chi connectivity index (χ1n) is 8.08. The number of rotatable bonds is 5. The Morgan fingerprint density at radius 3 is 2.42 bits per heavy atom. The van der Waals surface area contributed by atoms with Crippen molar-refractivity contribution >= 4 is 40.0 Å². The molecule has 0 aliphatic carbocycles. The van der Waals surface area contributed by atoms with Gasteiger partial charge in [0.15, 0.2) is 5.13 Å². The van der Waals surface area contributed by atoms with Gasteiger partial charge < -0.3 is 14.8 Å². The molecule has 7 nitrogen and oxygen atoms in total. The number of nitrogens with zero attached hydrogens (tertiary/aromatic N) is 1. The minimum Gasteiger partial charge on any atom is -0.469 e. The van der Waals surface area contributed by atoms with Crippen molar-refractivity contribution < 1.29 is 19.1 Å². The number of carbonyl (C=O) groups excluding carboxylic acids is 2. The third-order valence-electron chi connectivity index (χ3n) is 3.35. The molecule has 0 spiro atoms. The monoisotopic (exact) mass is 377 g/mol. The normalized spacial score (nSPS) is 12.2. The first kappa shape index (κ1) is 19.7. The van der Waals surface area contributed by atoms with Gasteiger partial charge in [-0.25, -0.2) is 9.78 Å². The highest BCUT2D eigenvalue weighted by molar-refractivity contribution is 7.14. The zero-order chi connectivity index (χ0) is 19.3. The largest absolute Gasteiger partial charge is 0.469 e. The summed E-state index contributed by atoms with van der Waals surface area (Å²) in [7, 11) is 1.38. The van der Waals surface area contributed by atoms with E-state index in [1.807, 2.05) is 24.3 Å². The van der Waals surface area contributed by atoms with Crippen molar-refractivity contribution in [2.24, 2.45) is 0 Å². The van der Waals surface area contributed by atoms with Crippen LogP contribution in [0.1, 0.15) is 39.2 Å². The van der Waals surface area contributed by atoms with Crippen molar-refractivity contribution in [2.45, 2.75) is 39.2 Å². The lowest BCUT2D eigenvalue weighted by Gasteiger charge is -2.19. The maximum atomic E-state index is 11.7. The highest BCUT2D eigenvalue weighted by atomic mass is 32.1. The van der Waals surface area contributed by atoms with Gasteiger partial charge in [0.2, 0.25) is 0 Å². The Hall–Kier alpha value is -2.61. The molecule has 1 atom stereocenters. The van der Waals surface area contributed by atoms with Gasteiger partial charge in [0.05, 0.1) is 13.0 Å². The van der Waals surface area contributed by atoms with Gasteiger partial charge >= 0.3 is 12.1 Å². The number of hydrogen-bond acceptors (Lipinski definition) is 7. The summed E-state index contributed by atoms with van der Waals surface area (Å²) in [5.74, 6) is -0.176. The highest BCUT2D eigenvalue weighted by Gasteiger charge is 2.17. The number of benzene rings is 1. The molecule has 1 aromatic carbocycles. The number of carbonyl (C=O) groups is 2. The lowest BCUT2D eigenvalue weighted by Crippen LogP contribution is -2.27. The molecular formula is C18H23N3O4S. The SMILES string of the molecule is COC(=O)[C@@H](C)c1ccc(Nc2nc(NC(=O)OC(C)(C)C)cs2)cc1. The molecular weight excluding hydrogens is 354 g/mol. The molecule has 0 unspecified atom stereocenters. The smallest absolute Gasteiger partial charge is 0.413 e. The maximum Gasteiger partial charge on any atom is 0.413 e. The van der Waals surface area contributed by atoms with E-state index in [9.17, 15) is 9.59 Å². The zero-order valence-corrected chi connectivity index (χ0v) is 16.3. The summed E-state index contributed by atoms with van der Waals surface area (Å²) in [5.41, 5.74) is 1.13. The highest BCUT2D eigenvalue weighted by Crippen LogP contribution is 2.25. The van der Waals surface area contributed by atoms with Crippen LogP contribution in [-0.2, 0) is 14.3 Å². The molecule has 0 bridgehead atoms. The van der Waals surface area contributed by atoms with E-state index in [0.29, 0.717) is 10.9 Å². The second kappa shape index (κ2) is 8.18. The summed E-state index contributed by atoms with van der Waals surface area (Å²) in [6.45, 7) is 7.19. The summed E-state index contributed by atoms with van der Waals surface area (Å²) >= 11 is 1.36. The summed E-state index contributed by atoms with van der Waals surface area (Å²) in [6, 6.07) is 7.43. The van der Waals surface area contributed by atoms with Crippen molar-refractivity contribution in [3.63, 3.8) is 0 Å². The average molecular weight is 377 g/mol. The summed E-state index contributed by atoms with van der Waals surface area (Å²) < 4.78 is 9.94. The van der Waals surface area contributed by atoms with Crippen LogP contribution in [0.25, 0.3) is 0 Å². The number of esters is 1. The van der Waals surface area contributed by atoms with Gasteiger partial charge in [-0.2, -0.15) is 0 Å². The molecule has 2 rings (SSSR count). The van der Waals surface area contributed by atoms with Crippen LogP contribution in [0.5, 0.6) is 0 Å². The quantitative estimate of drug-likeness (QED) is 0.745. The molecule has 2 N–H and O–H groups in total. The lowest BCUT2D eigenvalue weighted by atomic mass is 10.0. The lowest BCUT2D eigenvalue weighted by molar-refractivity contribution is -0.141. The topological polar surface area (TPSA) is 89.5 Å². The molecule has 140 valence electrons. The first-order valence-corrected chi connectivity index (χ1v) is 8.96. The standard InChI is InChI=1S/C18H23N3O4S/c1-11(15(22)24-5)12-6-8-13(9-7-12)19-16-20-14(10-26-16)21-17(23)25-18(2,3)4/h6-11H,1-5H3,(H,19,20)(H,21,23)/t11-/m0/s1. The van der Waals surface area contributed by atoms with Crippen LogP contribution < -0.4 is 10.6 Å². The van der Waals surface area contributed by atoms with Crippen molar-refractivity contribution in [1.29, 1.82) is 0 Å². The Morgan fingerprint density at radius 2 is 1.85 bits per heavy atom. The fraction of sp³-hybridized carbons (Fsp3) is 0.389. The predicted molar refractivity (Wildman–Crippen MR) is 102 cm³/mol. The van der Waals surface area contributed by atoms with Crippen LogP contribution >= 0.6 is 11.3 Å². The Labute approximate surface area is 156 Å². The molecule has 1 amide bonds. The summed E-state index contributed by atoms with van der Waals surface area (Å²) in [4.78, 5) is 27.6. The predicted octanol–water partition coefficient (Wildman–Crippen LogP) is 4.51. The third-order valence-corrected chi connectivity index (χ3v) is 4.11. The number of thiazole rings is 1. The third kappa shape index (κ3) is 5.73. The van der Waals surface area contributed by atoms with Crippen LogP contribution in [-0.4, -0.2) is 29.8 Å². The van der Waals surface area contributed by atoms with Crippen LogP contribution in [0.15, 0.2) is 29.6 Å². The molecule has 1 heterocycles. The fourth-order valence-electron chi connectivity index (χ4n) is 2.09. The van der Waals surface area contributed by atoms with Crippen LogP contribution in [0.2, 0.25) is 0 Å². The van der Waals surface area contributed by atoms with Gasteiger partial charge in [0.1, 0.15) is 11.4 Å². The Morgan fingerprint density at radius 1 is 1.19 bits per heavy atom. The van der Waals surface area contributed by atoms with Crippen molar-refractivity contribution in [1.82, 2.24) is 4.98 Å². The van der Waals surface area contributed by atoms with Gasteiger partial charge in [-0.3, -0.25) is 10.1 Å². The van der Waals surface area contributed by atoms with E-state index in [1.54, 1.807) is 33.1 Å². The Balaban J connectivity index is 1.96. The molecule has 2 aromatic rings. The molecule has 0 aliphatic heterocycles. The molecule has 0 saturated carbocycles. The van der Waals surface area contributed by atoms with Crippen LogP contribution in [0.4, 0.5) is 21.4 Å². The van der Waals surface area contributed by atoms with E-state index in [-0.39, 0.29) is 11.9 Å². The Bertz CT molecular complexity index is 765. The number of nitrogens with one attached hydrogen (secondary N) is 2. The molecule has 0 radical (unpaired) electrons. The van der Waals surface area contributed by atoms with E-state index in [0.717, 1.165) is 11.3 Å². The molecule has 26 heavy (non-hydrogen) atoms. The maximum absolute atomic E-state index is 11.7. The van der Waals surface area contributed by atoms with Crippen LogP contribution in [0, 0.1) is 0 Å². The minimum absolute atomic E-state index is 0.275. The van der Waals surface area contributed by atoms with E-state index >= 15 is 0 Å². The van der Waals surface area contributed by atoms with Crippen molar-refractivity contribution in [3.8, 4) is 0 Å². The van der Waals surface area contributed by atoms with Gasteiger partial charge in [-0.1, -0.05) is 12.1 Å². The van der Waals surface area contributed by atoms with Crippen LogP contribution in [0.3, 0.4) is 0 Å². The second-order valence-corrected chi connectivity index (χ2v) is 7.51. The zero-order valence-electron chi connectivity index (χ0n) is 15.5. The minimum atomic E-state index is -0.565. The number of anilines is 3. The molecule has 0 saturated heterocycles. The molecule has 0 aliphatic rings. The number of hydrogen-bond donors (Lipinski definition) is 2. The van der Waals surface area contributed by atoms with E-state index < -0.39 is 11.7 Å². The second-order valence-electron chi connectivity index (χ2n) is 6.66. The van der Waals surface area contributed by atoms with E-state index in [4.69, 9.17) is 9.47 Å². The van der Waals surface area contributed by atoms with Gasteiger partial charge in [0.25, 0.3) is 0 Å². The first-order chi connectivity index (χ1) is 12.2. The summed E-state index contributed by atoms with van der Waals surface area (Å²) in [6.07, 6.45) is -0.546. The number of ether oxygens (including phenoxy) is 2. The number of amides is 1. The summed E-state index contributed by atoms with van der Waals surface area (Å²) in [5, 5.41) is 8.10. The fourth-order valence-corrected chi connectivity index (χ4v) is 2.75. The van der Waals surface area contributed by atoms with Gasteiger partial charge in [-0.15, -0.1) is 11.3 Å². The Kier molecular flexibility index (Phi) is 6.20. The number of methoxy groups -OCH3 is 1. The van der Waals surface area contributed by atoms with E-state index in [2.05, 4.69) is 15.6 Å².